The molecular formula is C20H22F2N2O3S. The van der Waals surface area contributed by atoms with Crippen LogP contribution in [0.4, 0.5) is 14.5 Å². The van der Waals surface area contributed by atoms with Crippen LogP contribution in [0.15, 0.2) is 59.5 Å². The SMILES string of the molecule is CCOC(=O)CN(CC(=O)Nc1ccc(SC(F)F)cc1)Cc1ccccc1. The highest BCUT2D eigenvalue weighted by Gasteiger charge is 2.16. The Balaban J connectivity index is 1.97. The van der Waals surface area contributed by atoms with Crippen LogP contribution in [-0.2, 0) is 20.9 Å². The van der Waals surface area contributed by atoms with Crippen LogP contribution in [0.25, 0.3) is 0 Å². The Morgan fingerprint density at radius 1 is 1.07 bits per heavy atom. The molecule has 2 rings (SSSR count). The number of thioether (sulfide) groups is 1. The van der Waals surface area contributed by atoms with E-state index in [1.807, 2.05) is 30.3 Å². The second kappa shape index (κ2) is 11.4. The Morgan fingerprint density at radius 2 is 1.75 bits per heavy atom. The van der Waals surface area contributed by atoms with Gasteiger partial charge in [-0.15, -0.1) is 0 Å². The summed E-state index contributed by atoms with van der Waals surface area (Å²) < 4.78 is 29.7. The monoisotopic (exact) mass is 408 g/mol. The Labute approximate surface area is 167 Å². The van der Waals surface area contributed by atoms with Gasteiger partial charge < -0.3 is 10.1 Å². The van der Waals surface area contributed by atoms with Crippen LogP contribution in [0.3, 0.4) is 0 Å². The highest BCUT2D eigenvalue weighted by atomic mass is 32.2. The number of amides is 1. The van der Waals surface area contributed by atoms with E-state index >= 15 is 0 Å². The molecular weight excluding hydrogens is 386 g/mol. The summed E-state index contributed by atoms with van der Waals surface area (Å²) in [6, 6.07) is 15.7. The van der Waals surface area contributed by atoms with Gasteiger partial charge in [0.15, 0.2) is 0 Å². The number of carbonyl (C=O) groups is 2. The molecule has 0 unspecified atom stereocenters. The van der Waals surface area contributed by atoms with Crippen molar-refractivity contribution >= 4 is 29.3 Å². The molecule has 5 nitrogen and oxygen atoms in total. The van der Waals surface area contributed by atoms with E-state index in [0.29, 0.717) is 28.9 Å². The first-order valence-electron chi connectivity index (χ1n) is 8.73. The molecule has 2 aromatic rings. The van der Waals surface area contributed by atoms with Crippen molar-refractivity contribution in [3.05, 3.63) is 60.2 Å². The highest BCUT2D eigenvalue weighted by Crippen LogP contribution is 2.26. The third-order valence-corrected chi connectivity index (χ3v) is 4.36. The lowest BCUT2D eigenvalue weighted by atomic mass is 10.2. The summed E-state index contributed by atoms with van der Waals surface area (Å²) in [5, 5.41) is 2.71. The average molecular weight is 408 g/mol. The maximum absolute atomic E-state index is 12.4. The number of alkyl halides is 2. The largest absolute Gasteiger partial charge is 0.465 e. The predicted octanol–water partition coefficient (Wildman–Crippen LogP) is 4.01. The van der Waals surface area contributed by atoms with E-state index in [0.717, 1.165) is 5.56 Å². The average Bonchev–Trinajstić information content (AvgIpc) is 2.64. The maximum Gasteiger partial charge on any atom is 0.320 e. The second-order valence-electron chi connectivity index (χ2n) is 5.89. The number of nitrogens with one attached hydrogen (secondary N) is 1. The number of nitrogens with zero attached hydrogens (tertiary/aromatic N) is 1. The molecule has 0 saturated carbocycles. The van der Waals surface area contributed by atoms with E-state index < -0.39 is 11.7 Å². The second-order valence-corrected chi connectivity index (χ2v) is 6.95. The van der Waals surface area contributed by atoms with Crippen LogP contribution in [0, 0.1) is 0 Å². The molecule has 0 heterocycles. The van der Waals surface area contributed by atoms with Crippen molar-refractivity contribution in [3.8, 4) is 0 Å². The van der Waals surface area contributed by atoms with Crippen LogP contribution in [0.2, 0.25) is 0 Å². The lowest BCUT2D eigenvalue weighted by Gasteiger charge is -2.21. The molecule has 0 saturated heterocycles. The van der Waals surface area contributed by atoms with E-state index in [1.165, 1.54) is 12.1 Å². The van der Waals surface area contributed by atoms with Crippen LogP contribution in [-0.4, -0.2) is 42.2 Å². The number of ether oxygens (including phenoxy) is 1. The van der Waals surface area contributed by atoms with Crippen LogP contribution < -0.4 is 5.32 Å². The number of halogens is 2. The molecule has 0 radical (unpaired) electrons. The molecule has 0 aliphatic carbocycles. The summed E-state index contributed by atoms with van der Waals surface area (Å²) in [6.45, 7) is 2.38. The standard InChI is InChI=1S/C20H22F2N2O3S/c1-2-27-19(26)14-24(12-15-6-4-3-5-7-15)13-18(25)23-16-8-10-17(11-9-16)28-20(21)22/h3-11,20H,2,12-14H2,1H3,(H,23,25). The van der Waals surface area contributed by atoms with E-state index in [-0.39, 0.29) is 25.6 Å². The van der Waals surface area contributed by atoms with Gasteiger partial charge >= 0.3 is 5.97 Å². The van der Waals surface area contributed by atoms with Crippen molar-refractivity contribution in [2.75, 3.05) is 25.0 Å². The fourth-order valence-corrected chi connectivity index (χ4v) is 3.02. The minimum atomic E-state index is -2.49. The molecule has 0 aliphatic rings. The van der Waals surface area contributed by atoms with E-state index in [9.17, 15) is 18.4 Å². The van der Waals surface area contributed by atoms with Gasteiger partial charge in [-0.2, -0.15) is 8.78 Å². The van der Waals surface area contributed by atoms with Gasteiger partial charge in [0.1, 0.15) is 0 Å². The van der Waals surface area contributed by atoms with Crippen molar-refractivity contribution in [2.45, 2.75) is 24.1 Å². The molecule has 150 valence electrons. The Hall–Kier alpha value is -2.45. The fourth-order valence-electron chi connectivity index (χ4n) is 2.52. The molecule has 0 fully saturated rings. The zero-order valence-corrected chi connectivity index (χ0v) is 16.3. The molecule has 28 heavy (non-hydrogen) atoms. The van der Waals surface area contributed by atoms with Gasteiger partial charge in [-0.25, -0.2) is 0 Å². The van der Waals surface area contributed by atoms with Crippen LogP contribution >= 0.6 is 11.8 Å². The number of carbonyl (C=O) groups excluding carboxylic acids is 2. The molecule has 2 aromatic carbocycles. The number of rotatable bonds is 10. The lowest BCUT2D eigenvalue weighted by Crippen LogP contribution is -2.37. The Bertz CT molecular complexity index is 758. The molecule has 8 heteroatoms. The van der Waals surface area contributed by atoms with E-state index in [2.05, 4.69) is 5.32 Å². The van der Waals surface area contributed by atoms with E-state index in [1.54, 1.807) is 24.0 Å². The predicted molar refractivity (Wildman–Crippen MR) is 105 cm³/mol. The first-order valence-corrected chi connectivity index (χ1v) is 9.61. The number of benzene rings is 2. The van der Waals surface area contributed by atoms with Gasteiger partial charge in [0.2, 0.25) is 5.91 Å². The molecule has 1 N–H and O–H groups in total. The van der Waals surface area contributed by atoms with Crippen molar-refractivity contribution in [2.24, 2.45) is 0 Å². The van der Waals surface area contributed by atoms with Gasteiger partial charge in [-0.1, -0.05) is 42.1 Å². The van der Waals surface area contributed by atoms with Crippen LogP contribution in [0.1, 0.15) is 12.5 Å². The first kappa shape index (κ1) is 21.8. The summed E-state index contributed by atoms with van der Waals surface area (Å²) in [6.07, 6.45) is 0. The van der Waals surface area contributed by atoms with Gasteiger partial charge in [0.05, 0.1) is 19.7 Å². The maximum atomic E-state index is 12.4. The molecule has 0 spiro atoms. The van der Waals surface area contributed by atoms with Crippen molar-refractivity contribution in [1.29, 1.82) is 0 Å². The van der Waals surface area contributed by atoms with Gasteiger partial charge in [0, 0.05) is 17.1 Å². The number of anilines is 1. The molecule has 1 amide bonds. The topological polar surface area (TPSA) is 58.6 Å². The zero-order chi connectivity index (χ0) is 20.4. The summed E-state index contributed by atoms with van der Waals surface area (Å²) >= 11 is 0.444. The number of hydrogen-bond acceptors (Lipinski definition) is 5. The minimum Gasteiger partial charge on any atom is -0.465 e. The third-order valence-electron chi connectivity index (χ3n) is 3.64. The van der Waals surface area contributed by atoms with Gasteiger partial charge in [-0.3, -0.25) is 14.5 Å². The van der Waals surface area contributed by atoms with Gasteiger partial charge in [-0.05, 0) is 36.8 Å². The first-order chi connectivity index (χ1) is 13.5. The summed E-state index contributed by atoms with van der Waals surface area (Å²) in [7, 11) is 0. The number of hydrogen-bond donors (Lipinski definition) is 1. The molecule has 0 bridgehead atoms. The van der Waals surface area contributed by atoms with Crippen molar-refractivity contribution in [3.63, 3.8) is 0 Å². The van der Waals surface area contributed by atoms with Crippen molar-refractivity contribution < 1.29 is 23.1 Å². The van der Waals surface area contributed by atoms with E-state index in [4.69, 9.17) is 4.74 Å². The zero-order valence-electron chi connectivity index (χ0n) is 15.4. The third kappa shape index (κ3) is 8.06. The Morgan fingerprint density at radius 3 is 2.36 bits per heavy atom. The Kier molecular flexibility index (Phi) is 8.90. The fraction of sp³-hybridized carbons (Fsp3) is 0.300. The minimum absolute atomic E-state index is 0.0127. The molecule has 0 aromatic heterocycles. The van der Waals surface area contributed by atoms with Crippen molar-refractivity contribution in [1.82, 2.24) is 4.90 Å². The summed E-state index contributed by atoms with van der Waals surface area (Å²) in [5.41, 5.74) is 1.47. The van der Waals surface area contributed by atoms with Gasteiger partial charge in [0.25, 0.3) is 5.76 Å². The molecule has 0 atom stereocenters. The smallest absolute Gasteiger partial charge is 0.320 e. The normalized spacial score (nSPS) is 10.9. The van der Waals surface area contributed by atoms with Crippen LogP contribution in [0.5, 0.6) is 0 Å². The quantitative estimate of drug-likeness (QED) is 0.476. The highest BCUT2D eigenvalue weighted by molar-refractivity contribution is 7.99. The lowest BCUT2D eigenvalue weighted by molar-refractivity contribution is -0.144. The summed E-state index contributed by atoms with van der Waals surface area (Å²) in [5.74, 6) is -3.20. The summed E-state index contributed by atoms with van der Waals surface area (Å²) in [4.78, 5) is 26.3. The number of esters is 1. The molecule has 0 aliphatic heterocycles.